The van der Waals surface area contributed by atoms with Crippen LogP contribution in [0.25, 0.3) is 22.4 Å². The Kier molecular flexibility index (Phi) is 6.62. The van der Waals surface area contributed by atoms with Crippen LogP contribution >= 0.6 is 11.3 Å². The maximum atomic E-state index is 12.7. The summed E-state index contributed by atoms with van der Waals surface area (Å²) in [4.78, 5) is 17.9. The lowest BCUT2D eigenvalue weighted by atomic mass is 10.2. The van der Waals surface area contributed by atoms with Crippen molar-refractivity contribution in [3.05, 3.63) is 69.0 Å². The molecule has 0 saturated heterocycles. The molecule has 2 aromatic carbocycles. The molecule has 0 radical (unpaired) electrons. The highest BCUT2D eigenvalue weighted by molar-refractivity contribution is 7.15. The number of ether oxygens (including phenoxy) is 2. The third-order valence-corrected chi connectivity index (χ3v) is 5.93. The van der Waals surface area contributed by atoms with Crippen LogP contribution in [-0.4, -0.2) is 28.3 Å². The molecule has 31 heavy (non-hydrogen) atoms. The average molecular weight is 436 g/mol. The fraction of sp³-hybridized carbons (Fsp3) is 0.292. The molecule has 2 heterocycles. The lowest BCUT2D eigenvalue weighted by Crippen LogP contribution is -2.23. The van der Waals surface area contributed by atoms with Crippen LogP contribution in [0.4, 0.5) is 0 Å². The second-order valence-corrected chi connectivity index (χ2v) is 8.26. The summed E-state index contributed by atoms with van der Waals surface area (Å²) in [5.41, 5.74) is 1.61. The van der Waals surface area contributed by atoms with Gasteiger partial charge in [0, 0.05) is 5.56 Å². The zero-order chi connectivity index (χ0) is 21.6. The van der Waals surface area contributed by atoms with Crippen molar-refractivity contribution in [3.8, 4) is 22.9 Å². The van der Waals surface area contributed by atoms with Gasteiger partial charge in [0.15, 0.2) is 5.82 Å². The summed E-state index contributed by atoms with van der Waals surface area (Å²) in [5, 5.41) is 4.42. The van der Waals surface area contributed by atoms with Gasteiger partial charge in [-0.1, -0.05) is 49.7 Å². The van der Waals surface area contributed by atoms with E-state index in [-0.39, 0.29) is 5.56 Å². The van der Waals surface area contributed by atoms with E-state index in [0.29, 0.717) is 15.3 Å². The maximum Gasteiger partial charge on any atom is 0.291 e. The van der Waals surface area contributed by atoms with Gasteiger partial charge >= 0.3 is 0 Å². The molecule has 160 valence electrons. The Morgan fingerprint density at radius 2 is 1.74 bits per heavy atom. The van der Waals surface area contributed by atoms with Gasteiger partial charge in [0.1, 0.15) is 11.5 Å². The fourth-order valence-electron chi connectivity index (χ4n) is 3.23. The summed E-state index contributed by atoms with van der Waals surface area (Å²) < 4.78 is 12.9. The van der Waals surface area contributed by atoms with Crippen LogP contribution in [0.3, 0.4) is 0 Å². The van der Waals surface area contributed by atoms with E-state index >= 15 is 0 Å². The van der Waals surface area contributed by atoms with Crippen molar-refractivity contribution in [3.63, 3.8) is 0 Å². The fourth-order valence-corrected chi connectivity index (χ4v) is 4.13. The number of hydrogen-bond acceptors (Lipinski definition) is 6. The number of methoxy groups -OCH3 is 1. The largest absolute Gasteiger partial charge is 0.497 e. The molecule has 4 aromatic rings. The molecule has 0 aliphatic rings. The van der Waals surface area contributed by atoms with Gasteiger partial charge in [0.05, 0.1) is 18.2 Å². The zero-order valence-corrected chi connectivity index (χ0v) is 18.5. The number of fused-ring (bicyclic) bond motifs is 1. The van der Waals surface area contributed by atoms with Crippen molar-refractivity contribution < 1.29 is 9.47 Å². The lowest BCUT2D eigenvalue weighted by molar-refractivity contribution is 0.305. The highest BCUT2D eigenvalue weighted by Crippen LogP contribution is 2.21. The van der Waals surface area contributed by atoms with Gasteiger partial charge in [0.2, 0.25) is 4.96 Å². The van der Waals surface area contributed by atoms with Gasteiger partial charge in [-0.15, -0.1) is 5.10 Å². The maximum absolute atomic E-state index is 12.7. The molecule has 0 atom stereocenters. The molecule has 0 N–H and O–H groups in total. The summed E-state index contributed by atoms with van der Waals surface area (Å²) in [6.07, 6.45) is 6.56. The van der Waals surface area contributed by atoms with E-state index in [1.165, 1.54) is 35.1 Å². The van der Waals surface area contributed by atoms with E-state index in [2.05, 4.69) is 17.0 Å². The van der Waals surface area contributed by atoms with E-state index in [1.54, 1.807) is 7.11 Å². The zero-order valence-electron chi connectivity index (χ0n) is 17.7. The molecule has 0 amide bonds. The molecule has 4 rings (SSSR count). The second-order valence-electron chi connectivity index (χ2n) is 7.25. The molecule has 0 spiro atoms. The third kappa shape index (κ3) is 4.94. The second kappa shape index (κ2) is 9.75. The molecule has 7 heteroatoms. The van der Waals surface area contributed by atoms with Crippen molar-refractivity contribution >= 4 is 22.4 Å². The molecule has 2 aromatic heterocycles. The first-order chi connectivity index (χ1) is 15.2. The van der Waals surface area contributed by atoms with E-state index in [1.807, 2.05) is 54.6 Å². The van der Waals surface area contributed by atoms with Gasteiger partial charge in [0.25, 0.3) is 5.56 Å². The van der Waals surface area contributed by atoms with Crippen molar-refractivity contribution in [2.45, 2.75) is 32.6 Å². The van der Waals surface area contributed by atoms with Crippen molar-refractivity contribution in [1.29, 1.82) is 0 Å². The molecule has 6 nitrogen and oxygen atoms in total. The van der Waals surface area contributed by atoms with Crippen LogP contribution < -0.4 is 19.6 Å². The number of benzene rings is 2. The first-order valence-electron chi connectivity index (χ1n) is 10.5. The smallest absolute Gasteiger partial charge is 0.291 e. The number of aromatic nitrogens is 3. The monoisotopic (exact) mass is 435 g/mol. The Hall–Kier alpha value is -3.19. The van der Waals surface area contributed by atoms with Gasteiger partial charge in [-0.3, -0.25) is 4.79 Å². The number of nitrogens with zero attached hydrogens (tertiary/aromatic N) is 3. The van der Waals surface area contributed by atoms with E-state index in [9.17, 15) is 4.79 Å². The van der Waals surface area contributed by atoms with E-state index < -0.39 is 0 Å². The van der Waals surface area contributed by atoms with Crippen molar-refractivity contribution in [2.75, 3.05) is 13.7 Å². The van der Waals surface area contributed by atoms with Crippen LogP contribution in [-0.2, 0) is 0 Å². The summed E-state index contributed by atoms with van der Waals surface area (Å²) in [6, 6.07) is 15.2. The Morgan fingerprint density at radius 3 is 2.42 bits per heavy atom. The summed E-state index contributed by atoms with van der Waals surface area (Å²) in [5.74, 6) is 2.15. The van der Waals surface area contributed by atoms with Crippen LogP contribution in [0, 0.1) is 0 Å². The molecule has 0 fully saturated rings. The SMILES string of the molecule is CCCCCCOc1ccc(-c2nc3sc(=Cc4ccc(OC)cc4)c(=O)n3n2)cc1. The van der Waals surface area contributed by atoms with Crippen molar-refractivity contribution in [2.24, 2.45) is 0 Å². The minimum absolute atomic E-state index is 0.165. The molecular formula is C24H25N3O3S. The lowest BCUT2D eigenvalue weighted by Gasteiger charge is -2.06. The highest BCUT2D eigenvalue weighted by Gasteiger charge is 2.12. The molecular weight excluding hydrogens is 410 g/mol. The third-order valence-electron chi connectivity index (χ3n) is 4.97. The van der Waals surface area contributed by atoms with Gasteiger partial charge in [-0.05, 0) is 54.5 Å². The summed E-state index contributed by atoms with van der Waals surface area (Å²) in [7, 11) is 1.63. The standard InChI is InChI=1S/C24H25N3O3S/c1-3-4-5-6-15-30-20-13-9-18(10-14-20)22-25-24-27(26-22)23(28)21(31-24)16-17-7-11-19(29-2)12-8-17/h7-14,16H,3-6,15H2,1-2H3. The van der Waals surface area contributed by atoms with Crippen LogP contribution in [0.1, 0.15) is 38.2 Å². The minimum Gasteiger partial charge on any atom is -0.497 e. The number of unbranched alkanes of at least 4 members (excludes halogenated alkanes) is 3. The van der Waals surface area contributed by atoms with Gasteiger partial charge in [-0.25, -0.2) is 0 Å². The Labute approximate surface area is 184 Å². The molecule has 0 saturated carbocycles. The molecule has 0 aliphatic carbocycles. The quantitative estimate of drug-likeness (QED) is 0.366. The topological polar surface area (TPSA) is 65.7 Å². The number of rotatable bonds is 9. The van der Waals surface area contributed by atoms with Gasteiger partial charge < -0.3 is 9.47 Å². The van der Waals surface area contributed by atoms with E-state index in [0.717, 1.165) is 35.7 Å². The summed E-state index contributed by atoms with van der Waals surface area (Å²) >= 11 is 1.33. The van der Waals surface area contributed by atoms with E-state index in [4.69, 9.17) is 9.47 Å². The normalized spacial score (nSPS) is 11.9. The predicted octanol–water partition coefficient (Wildman–Crippen LogP) is 4.33. The number of hydrogen-bond donors (Lipinski definition) is 0. The van der Waals surface area contributed by atoms with Crippen LogP contribution in [0.5, 0.6) is 11.5 Å². The molecule has 0 unspecified atom stereocenters. The molecule has 0 bridgehead atoms. The van der Waals surface area contributed by atoms with Crippen molar-refractivity contribution in [1.82, 2.24) is 14.6 Å². The predicted molar refractivity (Wildman–Crippen MR) is 124 cm³/mol. The Balaban J connectivity index is 1.50. The van der Waals surface area contributed by atoms with Gasteiger partial charge in [-0.2, -0.15) is 9.50 Å². The Bertz CT molecular complexity index is 1240. The van der Waals surface area contributed by atoms with Crippen LogP contribution in [0.2, 0.25) is 0 Å². The minimum atomic E-state index is -0.165. The first kappa shape index (κ1) is 21.1. The average Bonchev–Trinajstić information content (AvgIpc) is 3.34. The Morgan fingerprint density at radius 1 is 1.00 bits per heavy atom. The molecule has 0 aliphatic heterocycles. The van der Waals surface area contributed by atoms with Crippen LogP contribution in [0.15, 0.2) is 53.3 Å². The highest BCUT2D eigenvalue weighted by atomic mass is 32.1. The summed E-state index contributed by atoms with van der Waals surface area (Å²) in [6.45, 7) is 2.92. The first-order valence-corrected chi connectivity index (χ1v) is 11.3. The number of thiazole rings is 1.